The zero-order valence-corrected chi connectivity index (χ0v) is 22.6. The number of carboxylic acid groups (broad SMARTS) is 1. The van der Waals surface area contributed by atoms with Gasteiger partial charge in [-0.25, -0.2) is 9.78 Å². The molecular formula is C28H33N3O5S. The van der Waals surface area contributed by atoms with Gasteiger partial charge in [-0.2, -0.15) is 0 Å². The fourth-order valence-electron chi connectivity index (χ4n) is 4.86. The number of carbonyl (C=O) groups excluding carboxylic acids is 2. The number of nitrogens with zero attached hydrogens (tertiary/aromatic N) is 2. The third-order valence-corrected chi connectivity index (χ3v) is 7.98. The Kier molecular flexibility index (Phi) is 7.82. The number of amides is 2. The maximum atomic E-state index is 13.5. The highest BCUT2D eigenvalue weighted by molar-refractivity contribution is 7.18. The first-order valence-electron chi connectivity index (χ1n) is 12.6. The first kappa shape index (κ1) is 26.6. The van der Waals surface area contributed by atoms with E-state index in [0.717, 1.165) is 47.5 Å². The van der Waals surface area contributed by atoms with E-state index in [1.807, 2.05) is 26.0 Å². The minimum Gasteiger partial charge on any atom is -0.477 e. The second-order valence-corrected chi connectivity index (χ2v) is 11.1. The zero-order valence-electron chi connectivity index (χ0n) is 21.8. The largest absolute Gasteiger partial charge is 0.477 e. The summed E-state index contributed by atoms with van der Waals surface area (Å²) < 4.78 is 5.38. The molecule has 2 N–H and O–H groups in total. The van der Waals surface area contributed by atoms with Crippen LogP contribution < -0.4 is 10.2 Å². The summed E-state index contributed by atoms with van der Waals surface area (Å²) in [6.45, 7) is 9.44. The maximum Gasteiger partial charge on any atom is 0.348 e. The molecule has 0 spiro atoms. The van der Waals surface area contributed by atoms with Crippen molar-refractivity contribution >= 4 is 40.5 Å². The van der Waals surface area contributed by atoms with E-state index < -0.39 is 5.97 Å². The van der Waals surface area contributed by atoms with Crippen LogP contribution in [0.3, 0.4) is 0 Å². The Hall–Kier alpha value is -3.46. The smallest absolute Gasteiger partial charge is 0.348 e. The Morgan fingerprint density at radius 3 is 2.30 bits per heavy atom. The van der Waals surface area contributed by atoms with Crippen molar-refractivity contribution in [3.63, 3.8) is 0 Å². The number of benzene rings is 1. The fourth-order valence-corrected chi connectivity index (χ4v) is 5.85. The molecule has 1 fully saturated rings. The molecule has 37 heavy (non-hydrogen) atoms. The van der Waals surface area contributed by atoms with Crippen LogP contribution in [0.1, 0.15) is 78.3 Å². The number of aromatic nitrogens is 1. The summed E-state index contributed by atoms with van der Waals surface area (Å²) in [7, 11) is 0. The van der Waals surface area contributed by atoms with E-state index in [1.54, 1.807) is 36.9 Å². The number of aryl methyl sites for hydroxylation is 2. The topological polar surface area (TPSA) is 113 Å². The van der Waals surface area contributed by atoms with Gasteiger partial charge in [0.15, 0.2) is 5.89 Å². The number of hydrogen-bond donors (Lipinski definition) is 2. The lowest BCUT2D eigenvalue weighted by atomic mass is 9.82. The van der Waals surface area contributed by atoms with Gasteiger partial charge in [0.25, 0.3) is 5.91 Å². The Bertz CT molecular complexity index is 1300. The molecule has 1 saturated carbocycles. The molecule has 2 aromatic heterocycles. The Morgan fingerprint density at radius 2 is 1.76 bits per heavy atom. The number of carboxylic acids is 1. The summed E-state index contributed by atoms with van der Waals surface area (Å²) in [5.41, 5.74) is 2.33. The molecule has 8 nitrogen and oxygen atoms in total. The van der Waals surface area contributed by atoms with E-state index in [0.29, 0.717) is 28.9 Å². The summed E-state index contributed by atoms with van der Waals surface area (Å²) in [4.78, 5) is 44.9. The number of aromatic carboxylic acids is 1. The normalized spacial score (nSPS) is 17.6. The molecule has 196 valence electrons. The van der Waals surface area contributed by atoms with Crippen molar-refractivity contribution in [2.24, 2.45) is 11.8 Å². The molecule has 0 saturated heterocycles. The summed E-state index contributed by atoms with van der Waals surface area (Å²) in [5.74, 6) is -0.304. The van der Waals surface area contributed by atoms with Crippen LogP contribution >= 0.6 is 11.3 Å². The minimum absolute atomic E-state index is 0.00440. The number of hydrogen-bond acceptors (Lipinski definition) is 6. The lowest BCUT2D eigenvalue weighted by Gasteiger charge is -2.33. The van der Waals surface area contributed by atoms with Crippen molar-refractivity contribution < 1.29 is 23.9 Å². The van der Waals surface area contributed by atoms with E-state index in [4.69, 9.17) is 4.42 Å². The predicted molar refractivity (Wildman–Crippen MR) is 144 cm³/mol. The molecule has 3 aromatic rings. The zero-order chi connectivity index (χ0) is 26.9. The van der Waals surface area contributed by atoms with E-state index in [1.165, 1.54) is 0 Å². The van der Waals surface area contributed by atoms with E-state index in [2.05, 4.69) is 17.2 Å². The summed E-state index contributed by atoms with van der Waals surface area (Å²) >= 11 is 1.15. The molecule has 0 atom stereocenters. The van der Waals surface area contributed by atoms with Crippen LogP contribution in [0.5, 0.6) is 0 Å². The number of thiophene rings is 1. The van der Waals surface area contributed by atoms with Gasteiger partial charge in [0, 0.05) is 29.4 Å². The Morgan fingerprint density at radius 1 is 1.11 bits per heavy atom. The van der Waals surface area contributed by atoms with E-state index in [9.17, 15) is 19.5 Å². The van der Waals surface area contributed by atoms with Gasteiger partial charge in [0.05, 0.1) is 11.4 Å². The van der Waals surface area contributed by atoms with Crippen molar-refractivity contribution in [3.8, 4) is 10.4 Å². The Labute approximate surface area is 220 Å². The van der Waals surface area contributed by atoms with Gasteiger partial charge < -0.3 is 19.7 Å². The van der Waals surface area contributed by atoms with Crippen LogP contribution in [-0.4, -0.2) is 33.9 Å². The van der Waals surface area contributed by atoms with Crippen LogP contribution in [0.2, 0.25) is 0 Å². The van der Waals surface area contributed by atoms with Crippen molar-refractivity contribution in [2.75, 3.05) is 10.2 Å². The third kappa shape index (κ3) is 5.77. The highest BCUT2D eigenvalue weighted by atomic mass is 32.1. The lowest BCUT2D eigenvalue weighted by molar-refractivity contribution is -0.123. The van der Waals surface area contributed by atoms with Crippen LogP contribution in [0.4, 0.5) is 11.4 Å². The van der Waals surface area contributed by atoms with Gasteiger partial charge in [0.1, 0.15) is 4.88 Å². The molecule has 2 heterocycles. The standard InChI is InChI=1S/C28H33N3O5S/c1-15(2)31(27(33)20-8-6-16(3)7-9-20)22-14-23(37-25(22)28(34)35)19-10-12-21(13-11-19)30-26(32)24-17(4)29-18(5)36-24/h10-16,20H,6-9H2,1-5H3,(H,30,32)(H,34,35). The Balaban J connectivity index is 1.58. The van der Waals surface area contributed by atoms with Crippen LogP contribution in [0.25, 0.3) is 10.4 Å². The van der Waals surface area contributed by atoms with Crippen LogP contribution in [-0.2, 0) is 4.79 Å². The van der Waals surface area contributed by atoms with Crippen LogP contribution in [0, 0.1) is 25.7 Å². The first-order chi connectivity index (χ1) is 17.5. The quantitative estimate of drug-likeness (QED) is 0.364. The number of nitrogens with one attached hydrogen (secondary N) is 1. The maximum absolute atomic E-state index is 13.5. The highest BCUT2D eigenvalue weighted by Gasteiger charge is 2.33. The monoisotopic (exact) mass is 523 g/mol. The molecule has 0 aliphatic heterocycles. The first-order valence-corrected chi connectivity index (χ1v) is 13.4. The van der Waals surface area contributed by atoms with Crippen molar-refractivity contribution in [3.05, 3.63) is 52.6 Å². The van der Waals surface area contributed by atoms with Gasteiger partial charge in [-0.3, -0.25) is 9.59 Å². The number of rotatable bonds is 7. The van der Waals surface area contributed by atoms with Crippen LogP contribution in [0.15, 0.2) is 34.7 Å². The molecule has 9 heteroatoms. The molecule has 1 aromatic carbocycles. The van der Waals surface area contributed by atoms with Gasteiger partial charge in [0.2, 0.25) is 11.7 Å². The highest BCUT2D eigenvalue weighted by Crippen LogP contribution is 2.40. The van der Waals surface area contributed by atoms with E-state index in [-0.39, 0.29) is 34.4 Å². The molecule has 0 bridgehead atoms. The average molecular weight is 524 g/mol. The molecular weight excluding hydrogens is 490 g/mol. The van der Waals surface area contributed by atoms with E-state index >= 15 is 0 Å². The van der Waals surface area contributed by atoms with Crippen molar-refractivity contribution in [1.29, 1.82) is 0 Å². The number of carbonyl (C=O) groups is 3. The molecule has 0 unspecified atom stereocenters. The number of oxazole rings is 1. The second-order valence-electron chi connectivity index (χ2n) is 10.1. The van der Waals surface area contributed by atoms with Crippen molar-refractivity contribution in [2.45, 2.75) is 66.3 Å². The second kappa shape index (κ2) is 10.9. The van der Waals surface area contributed by atoms with Gasteiger partial charge in [-0.15, -0.1) is 11.3 Å². The SMILES string of the molecule is Cc1nc(C)c(C(=O)Nc2ccc(-c3cc(N(C(=O)C4CCC(C)CC4)C(C)C)c(C(=O)O)s3)cc2)o1. The molecule has 0 radical (unpaired) electrons. The minimum atomic E-state index is -1.05. The van der Waals surface area contributed by atoms with Crippen molar-refractivity contribution in [1.82, 2.24) is 4.98 Å². The lowest BCUT2D eigenvalue weighted by Crippen LogP contribution is -2.42. The molecule has 1 aliphatic carbocycles. The molecule has 1 aliphatic rings. The predicted octanol–water partition coefficient (Wildman–Crippen LogP) is 6.54. The van der Waals surface area contributed by atoms with Gasteiger partial charge in [-0.05, 0) is 76.1 Å². The van der Waals surface area contributed by atoms with Gasteiger partial charge in [-0.1, -0.05) is 19.1 Å². The third-order valence-electron chi connectivity index (χ3n) is 6.82. The average Bonchev–Trinajstić information content (AvgIpc) is 3.43. The molecule has 4 rings (SSSR count). The summed E-state index contributed by atoms with van der Waals surface area (Å²) in [6.07, 6.45) is 3.70. The number of anilines is 2. The van der Waals surface area contributed by atoms with Gasteiger partial charge >= 0.3 is 5.97 Å². The molecule has 2 amide bonds. The summed E-state index contributed by atoms with van der Waals surface area (Å²) in [6, 6.07) is 8.76. The fraction of sp³-hybridized carbons (Fsp3) is 0.429. The summed E-state index contributed by atoms with van der Waals surface area (Å²) in [5, 5.41) is 12.8.